The summed E-state index contributed by atoms with van der Waals surface area (Å²) in [6.07, 6.45) is 9.51. The van der Waals surface area contributed by atoms with Crippen molar-refractivity contribution in [3.8, 4) is 51.7 Å². The first-order chi connectivity index (χ1) is 29.4. The minimum Gasteiger partial charge on any atom is -0.493 e. The highest BCUT2D eigenvalue weighted by Crippen LogP contribution is 2.48. The monoisotopic (exact) mass is 834 g/mol. The molecule has 0 aliphatic carbocycles. The summed E-state index contributed by atoms with van der Waals surface area (Å²) in [5, 5.41) is 0. The van der Waals surface area contributed by atoms with E-state index in [1.54, 1.807) is 18.2 Å². The van der Waals surface area contributed by atoms with Gasteiger partial charge < -0.3 is 52.1 Å². The first-order valence-electron chi connectivity index (χ1n) is 22.1. The van der Waals surface area contributed by atoms with Crippen molar-refractivity contribution < 1.29 is 56.9 Å². The van der Waals surface area contributed by atoms with Gasteiger partial charge in [-0.3, -0.25) is 0 Å². The first-order valence-corrected chi connectivity index (χ1v) is 22.1. The van der Waals surface area contributed by atoms with Gasteiger partial charge in [-0.05, 0) is 63.3 Å². The fourth-order valence-electron chi connectivity index (χ4n) is 6.56. The Morgan fingerprint density at radius 1 is 0.650 bits per heavy atom. The van der Waals surface area contributed by atoms with Gasteiger partial charge >= 0.3 is 12.4 Å². The number of rotatable bonds is 28. The standard InChI is InChI=1S/C48H66O12/c1-8-15-21-51-35-30-37(53-22-16-9-2)36-32-43(58-47(49)34-28-41(52-20-13-6)46-42(29-34)59-48(60-46)50-14-7)44(57-38(36)31-35)33-26-39(54-23-17-10-3)45(56-25-19-12-5)40(27-33)55-24-18-11-4/h13,26-31,43-44,48H,6,8-12,14-25,32H2,1-5,7H3/t43-,44-,48?/m1/s1. The number of carbonyl (C=O) groups excluding carboxylic acids is 1. The molecule has 1 unspecified atom stereocenters. The molecule has 3 aromatic carbocycles. The van der Waals surface area contributed by atoms with Gasteiger partial charge in [-0.25, -0.2) is 4.79 Å². The maximum atomic E-state index is 14.4. The van der Waals surface area contributed by atoms with Crippen LogP contribution in [0.4, 0.5) is 0 Å². The van der Waals surface area contributed by atoms with Crippen LogP contribution >= 0.6 is 0 Å². The minimum atomic E-state index is -0.978. The summed E-state index contributed by atoms with van der Waals surface area (Å²) in [5.41, 5.74) is 1.68. The van der Waals surface area contributed by atoms with E-state index in [1.807, 2.05) is 31.2 Å². The van der Waals surface area contributed by atoms with E-state index in [2.05, 4.69) is 41.2 Å². The predicted octanol–water partition coefficient (Wildman–Crippen LogP) is 11.1. The molecule has 0 saturated heterocycles. The topological polar surface area (TPSA) is 119 Å². The zero-order chi connectivity index (χ0) is 42.7. The van der Waals surface area contributed by atoms with Crippen molar-refractivity contribution in [2.24, 2.45) is 0 Å². The highest BCUT2D eigenvalue weighted by Gasteiger charge is 2.39. The van der Waals surface area contributed by atoms with Gasteiger partial charge in [-0.1, -0.05) is 79.4 Å². The SMILES string of the molecule is C=CCOc1cc(C(=O)O[C@@H]2Cc3c(OCCCC)cc(OCCCC)cc3O[C@@H]2c2cc(OCCCC)c(OCCCC)c(OCCCC)c2)cc2c1OC(OCC)O2. The van der Waals surface area contributed by atoms with E-state index in [-0.39, 0.29) is 18.6 Å². The molecule has 5 rings (SSSR count). The van der Waals surface area contributed by atoms with Crippen LogP contribution in [0.15, 0.2) is 49.1 Å². The van der Waals surface area contributed by atoms with E-state index in [4.69, 9.17) is 52.1 Å². The fourth-order valence-corrected chi connectivity index (χ4v) is 6.56. The van der Waals surface area contributed by atoms with Crippen LogP contribution in [0.2, 0.25) is 0 Å². The summed E-state index contributed by atoms with van der Waals surface area (Å²) in [6, 6.07) is 10.8. The lowest BCUT2D eigenvalue weighted by atomic mass is 9.93. The number of hydrogen-bond acceptors (Lipinski definition) is 12. The van der Waals surface area contributed by atoms with E-state index in [9.17, 15) is 4.79 Å². The Morgan fingerprint density at radius 2 is 1.25 bits per heavy atom. The molecule has 0 amide bonds. The second-order valence-electron chi connectivity index (χ2n) is 14.8. The Morgan fingerprint density at radius 3 is 1.85 bits per heavy atom. The lowest BCUT2D eigenvalue weighted by Gasteiger charge is -2.35. The largest absolute Gasteiger partial charge is 0.493 e. The number of benzene rings is 3. The van der Waals surface area contributed by atoms with E-state index in [0.717, 1.165) is 69.8 Å². The van der Waals surface area contributed by atoms with Crippen LogP contribution in [0.1, 0.15) is 133 Å². The van der Waals surface area contributed by atoms with E-state index >= 15 is 0 Å². The number of carbonyl (C=O) groups is 1. The second-order valence-corrected chi connectivity index (χ2v) is 14.8. The maximum absolute atomic E-state index is 14.4. The molecule has 12 nitrogen and oxygen atoms in total. The summed E-state index contributed by atoms with van der Waals surface area (Å²) in [5.74, 6) is 3.83. The lowest BCUT2D eigenvalue weighted by molar-refractivity contribution is -0.173. The van der Waals surface area contributed by atoms with Crippen molar-refractivity contribution in [3.63, 3.8) is 0 Å². The van der Waals surface area contributed by atoms with Gasteiger partial charge in [0.25, 0.3) is 0 Å². The van der Waals surface area contributed by atoms with Crippen LogP contribution in [0.25, 0.3) is 0 Å². The predicted molar refractivity (Wildman–Crippen MR) is 230 cm³/mol. The van der Waals surface area contributed by atoms with Crippen molar-refractivity contribution >= 4 is 5.97 Å². The molecule has 12 heteroatoms. The Kier molecular flexibility index (Phi) is 18.7. The van der Waals surface area contributed by atoms with Crippen LogP contribution in [0.5, 0.6) is 51.7 Å². The quantitative estimate of drug-likeness (QED) is 0.0393. The molecule has 0 fully saturated rings. The number of fused-ring (bicyclic) bond motifs is 2. The molecule has 0 radical (unpaired) electrons. The van der Waals surface area contributed by atoms with Gasteiger partial charge in [0.1, 0.15) is 30.0 Å². The van der Waals surface area contributed by atoms with Crippen molar-refractivity contribution in [1.82, 2.24) is 0 Å². The zero-order valence-electron chi connectivity index (χ0n) is 36.6. The van der Waals surface area contributed by atoms with Crippen molar-refractivity contribution in [3.05, 3.63) is 65.7 Å². The van der Waals surface area contributed by atoms with Crippen LogP contribution in [-0.4, -0.2) is 64.8 Å². The Hall–Kier alpha value is -4.97. The average molecular weight is 835 g/mol. The third kappa shape index (κ3) is 12.5. The summed E-state index contributed by atoms with van der Waals surface area (Å²) in [6.45, 7) is 18.3. The average Bonchev–Trinajstić information content (AvgIpc) is 3.66. The smallest absolute Gasteiger partial charge is 0.361 e. The molecule has 3 aromatic rings. The van der Waals surface area contributed by atoms with Crippen LogP contribution in [0, 0.1) is 0 Å². The Labute approximate surface area is 356 Å². The summed E-state index contributed by atoms with van der Waals surface area (Å²) < 4.78 is 68.6. The van der Waals surface area contributed by atoms with Gasteiger partial charge in [0.05, 0.1) is 45.2 Å². The third-order valence-corrected chi connectivity index (χ3v) is 9.90. The van der Waals surface area contributed by atoms with Gasteiger partial charge in [0.15, 0.2) is 29.1 Å². The molecule has 0 saturated carbocycles. The molecular weight excluding hydrogens is 769 g/mol. The van der Waals surface area contributed by atoms with Crippen molar-refractivity contribution in [2.75, 3.05) is 46.2 Å². The van der Waals surface area contributed by atoms with Crippen molar-refractivity contribution in [2.45, 2.75) is 131 Å². The molecule has 60 heavy (non-hydrogen) atoms. The highest BCUT2D eigenvalue weighted by molar-refractivity contribution is 5.91. The summed E-state index contributed by atoms with van der Waals surface area (Å²) in [4.78, 5) is 14.4. The highest BCUT2D eigenvalue weighted by atomic mass is 16.9. The Balaban J connectivity index is 1.61. The summed E-state index contributed by atoms with van der Waals surface area (Å²) in [7, 11) is 0. The molecular formula is C48H66O12. The zero-order valence-corrected chi connectivity index (χ0v) is 36.6. The van der Waals surface area contributed by atoms with Gasteiger partial charge in [-0.15, -0.1) is 0 Å². The van der Waals surface area contributed by atoms with Crippen LogP contribution < -0.4 is 42.6 Å². The van der Waals surface area contributed by atoms with E-state index < -0.39 is 24.7 Å². The van der Waals surface area contributed by atoms with E-state index in [1.165, 1.54) is 0 Å². The molecule has 0 bridgehead atoms. The van der Waals surface area contributed by atoms with Crippen molar-refractivity contribution in [1.29, 1.82) is 0 Å². The second kappa shape index (κ2) is 24.3. The van der Waals surface area contributed by atoms with Gasteiger partial charge in [0, 0.05) is 29.7 Å². The number of ether oxygens (including phenoxy) is 11. The molecule has 2 heterocycles. The maximum Gasteiger partial charge on any atom is 0.361 e. The molecule has 2 aliphatic heterocycles. The molecule has 0 spiro atoms. The molecule has 0 aromatic heterocycles. The first kappa shape index (κ1) is 46.1. The van der Waals surface area contributed by atoms with E-state index in [0.29, 0.717) is 97.0 Å². The number of esters is 1. The summed E-state index contributed by atoms with van der Waals surface area (Å²) >= 11 is 0. The Bertz CT molecular complexity index is 1780. The normalized spacial score (nSPS) is 16.3. The third-order valence-electron chi connectivity index (χ3n) is 9.90. The fraction of sp³-hybridized carbons (Fsp3) is 0.562. The number of unbranched alkanes of at least 4 members (excludes halogenated alkanes) is 5. The molecule has 3 atom stereocenters. The van der Waals surface area contributed by atoms with Crippen LogP contribution in [-0.2, 0) is 15.9 Å². The van der Waals surface area contributed by atoms with Gasteiger partial charge in [-0.2, -0.15) is 0 Å². The van der Waals surface area contributed by atoms with Crippen LogP contribution in [0.3, 0.4) is 0 Å². The minimum absolute atomic E-state index is 0.178. The lowest BCUT2D eigenvalue weighted by Crippen LogP contribution is -2.35. The molecule has 330 valence electrons. The van der Waals surface area contributed by atoms with Gasteiger partial charge in [0.2, 0.25) is 11.5 Å². The molecule has 2 aliphatic rings. The number of hydrogen-bond donors (Lipinski definition) is 0. The molecule has 0 N–H and O–H groups in total.